The smallest absolute Gasteiger partial charge is 0.270 e. The van der Waals surface area contributed by atoms with Crippen LogP contribution < -0.4 is 5.32 Å². The molecule has 1 amide bonds. The summed E-state index contributed by atoms with van der Waals surface area (Å²) in [5, 5.41) is 3.39. The maximum atomic E-state index is 12.0. The van der Waals surface area contributed by atoms with E-state index in [1.54, 1.807) is 6.20 Å². The molecule has 2 N–H and O–H groups in total. The van der Waals surface area contributed by atoms with Gasteiger partial charge in [0.05, 0.1) is 0 Å². The van der Waals surface area contributed by atoms with Gasteiger partial charge in [0.15, 0.2) is 0 Å². The fourth-order valence-electron chi connectivity index (χ4n) is 2.93. The average Bonchev–Trinajstić information content (AvgIpc) is 2.81. The van der Waals surface area contributed by atoms with Crippen molar-refractivity contribution in [3.63, 3.8) is 0 Å². The molecule has 0 unspecified atom stereocenters. The number of carbonyl (C=O) groups is 1. The lowest BCUT2D eigenvalue weighted by atomic mass is 9.80. The molecule has 4 heteroatoms. The Bertz CT molecular complexity index is 375. The fourth-order valence-corrected chi connectivity index (χ4v) is 2.93. The molecule has 0 bridgehead atoms. The molecule has 0 radical (unpaired) electrons. The number of carbonyl (C=O) groups excluding carboxylic acids is 1. The Hall–Kier alpha value is -1.29. The summed E-state index contributed by atoms with van der Waals surface area (Å²) in [6.07, 6.45) is 4.35. The van der Waals surface area contributed by atoms with Crippen molar-refractivity contribution in [3.05, 3.63) is 24.0 Å². The summed E-state index contributed by atoms with van der Waals surface area (Å²) in [7, 11) is 0. The molecule has 2 aliphatic rings. The molecule has 2 aliphatic heterocycles. The highest BCUT2D eigenvalue weighted by Gasteiger charge is 2.36. The summed E-state index contributed by atoms with van der Waals surface area (Å²) in [6.45, 7) is 4.18. The molecule has 0 aliphatic carbocycles. The second-order valence-electron chi connectivity index (χ2n) is 5.14. The molecular weight excluding hydrogens is 214 g/mol. The van der Waals surface area contributed by atoms with E-state index < -0.39 is 0 Å². The average molecular weight is 233 g/mol. The predicted molar refractivity (Wildman–Crippen MR) is 65.8 cm³/mol. The standard InChI is InChI=1S/C13H19N3O/c17-13(12-2-1-5-15-12)16-8-11(9-16)10-3-6-14-7-4-10/h1-2,5,10-11,14-15H,3-4,6-9H2. The lowest BCUT2D eigenvalue weighted by Gasteiger charge is -2.44. The Labute approximate surface area is 101 Å². The van der Waals surface area contributed by atoms with Crippen LogP contribution in [0.1, 0.15) is 23.3 Å². The lowest BCUT2D eigenvalue weighted by molar-refractivity contribution is 0.0312. The van der Waals surface area contributed by atoms with Crippen molar-refractivity contribution in [2.45, 2.75) is 12.8 Å². The van der Waals surface area contributed by atoms with Gasteiger partial charge in [-0.2, -0.15) is 0 Å². The van der Waals surface area contributed by atoms with E-state index in [-0.39, 0.29) is 5.91 Å². The van der Waals surface area contributed by atoms with Crippen molar-refractivity contribution in [1.82, 2.24) is 15.2 Å². The van der Waals surface area contributed by atoms with Gasteiger partial charge in [0.2, 0.25) is 0 Å². The number of piperidine rings is 1. The van der Waals surface area contributed by atoms with Crippen LogP contribution in [0, 0.1) is 11.8 Å². The van der Waals surface area contributed by atoms with Gasteiger partial charge in [-0.05, 0) is 49.9 Å². The topological polar surface area (TPSA) is 48.1 Å². The Morgan fingerprint density at radius 2 is 2.00 bits per heavy atom. The lowest BCUT2D eigenvalue weighted by Crippen LogP contribution is -2.54. The number of likely N-dealkylation sites (tertiary alicyclic amines) is 1. The molecule has 0 atom stereocenters. The van der Waals surface area contributed by atoms with E-state index in [4.69, 9.17) is 0 Å². The minimum absolute atomic E-state index is 0.153. The molecule has 1 aromatic rings. The van der Waals surface area contributed by atoms with Gasteiger partial charge in [-0.1, -0.05) is 0 Å². The number of aromatic amines is 1. The number of nitrogens with one attached hydrogen (secondary N) is 2. The van der Waals surface area contributed by atoms with Gasteiger partial charge in [-0.15, -0.1) is 0 Å². The van der Waals surface area contributed by atoms with Crippen LogP contribution >= 0.6 is 0 Å². The monoisotopic (exact) mass is 233 g/mol. The number of amides is 1. The minimum Gasteiger partial charge on any atom is -0.357 e. The highest BCUT2D eigenvalue weighted by Crippen LogP contribution is 2.30. The van der Waals surface area contributed by atoms with Crippen LogP contribution in [0.5, 0.6) is 0 Å². The molecule has 92 valence electrons. The number of nitrogens with zero attached hydrogens (tertiary/aromatic N) is 1. The molecular formula is C13H19N3O. The maximum Gasteiger partial charge on any atom is 0.270 e. The van der Waals surface area contributed by atoms with E-state index in [9.17, 15) is 4.79 Å². The summed E-state index contributed by atoms with van der Waals surface area (Å²) in [5.41, 5.74) is 0.716. The number of rotatable bonds is 2. The molecule has 0 spiro atoms. The van der Waals surface area contributed by atoms with Gasteiger partial charge in [-0.25, -0.2) is 0 Å². The molecule has 0 saturated carbocycles. The Morgan fingerprint density at radius 1 is 1.24 bits per heavy atom. The number of hydrogen-bond donors (Lipinski definition) is 2. The van der Waals surface area contributed by atoms with Crippen LogP contribution in [0.25, 0.3) is 0 Å². The van der Waals surface area contributed by atoms with Crippen LogP contribution in [0.15, 0.2) is 18.3 Å². The van der Waals surface area contributed by atoms with Crippen LogP contribution in [-0.2, 0) is 0 Å². The summed E-state index contributed by atoms with van der Waals surface area (Å²) in [5.74, 6) is 1.71. The number of hydrogen-bond acceptors (Lipinski definition) is 2. The first kappa shape index (κ1) is 10.8. The Balaban J connectivity index is 1.52. The molecule has 3 heterocycles. The summed E-state index contributed by atoms with van der Waals surface area (Å²) < 4.78 is 0. The van der Waals surface area contributed by atoms with Crippen molar-refractivity contribution in [3.8, 4) is 0 Å². The SMILES string of the molecule is O=C(c1ccc[nH]1)N1CC(C2CCNCC2)C1. The summed E-state index contributed by atoms with van der Waals surface area (Å²) >= 11 is 0. The number of H-pyrrole nitrogens is 1. The Morgan fingerprint density at radius 3 is 2.65 bits per heavy atom. The zero-order valence-electron chi connectivity index (χ0n) is 9.98. The normalized spacial score (nSPS) is 22.5. The first-order valence-electron chi connectivity index (χ1n) is 6.48. The van der Waals surface area contributed by atoms with E-state index in [0.29, 0.717) is 5.69 Å². The quantitative estimate of drug-likeness (QED) is 0.803. The van der Waals surface area contributed by atoms with Gasteiger partial charge in [0.1, 0.15) is 5.69 Å². The molecule has 4 nitrogen and oxygen atoms in total. The first-order chi connectivity index (χ1) is 8.34. The summed E-state index contributed by atoms with van der Waals surface area (Å²) in [6, 6.07) is 3.72. The Kier molecular flexibility index (Phi) is 2.89. The second kappa shape index (κ2) is 4.53. The van der Waals surface area contributed by atoms with Crippen molar-refractivity contribution in [2.24, 2.45) is 11.8 Å². The zero-order chi connectivity index (χ0) is 11.7. The molecule has 1 aromatic heterocycles. The third-order valence-corrected chi connectivity index (χ3v) is 4.08. The summed E-state index contributed by atoms with van der Waals surface area (Å²) in [4.78, 5) is 16.9. The fraction of sp³-hybridized carbons (Fsp3) is 0.615. The second-order valence-corrected chi connectivity index (χ2v) is 5.14. The molecule has 2 saturated heterocycles. The minimum atomic E-state index is 0.153. The van der Waals surface area contributed by atoms with E-state index in [2.05, 4.69) is 10.3 Å². The third-order valence-electron chi connectivity index (χ3n) is 4.08. The maximum absolute atomic E-state index is 12.0. The van der Waals surface area contributed by atoms with Gasteiger partial charge in [0.25, 0.3) is 5.91 Å². The van der Waals surface area contributed by atoms with Crippen LogP contribution in [0.3, 0.4) is 0 Å². The molecule has 0 aromatic carbocycles. The van der Waals surface area contributed by atoms with Gasteiger partial charge in [0, 0.05) is 19.3 Å². The largest absolute Gasteiger partial charge is 0.357 e. The zero-order valence-corrected chi connectivity index (χ0v) is 9.98. The van der Waals surface area contributed by atoms with Gasteiger partial charge < -0.3 is 15.2 Å². The van der Waals surface area contributed by atoms with Crippen molar-refractivity contribution in [2.75, 3.05) is 26.2 Å². The highest BCUT2D eigenvalue weighted by atomic mass is 16.2. The van der Waals surface area contributed by atoms with Gasteiger partial charge >= 0.3 is 0 Å². The van der Waals surface area contributed by atoms with Crippen molar-refractivity contribution < 1.29 is 4.79 Å². The van der Waals surface area contributed by atoms with E-state index in [1.165, 1.54) is 12.8 Å². The third kappa shape index (κ3) is 2.09. The van der Waals surface area contributed by atoms with E-state index in [1.807, 2.05) is 17.0 Å². The van der Waals surface area contributed by atoms with Crippen LogP contribution in [0.4, 0.5) is 0 Å². The number of aromatic nitrogens is 1. The first-order valence-corrected chi connectivity index (χ1v) is 6.48. The molecule has 2 fully saturated rings. The highest BCUT2D eigenvalue weighted by molar-refractivity contribution is 5.92. The molecule has 3 rings (SSSR count). The van der Waals surface area contributed by atoms with Gasteiger partial charge in [-0.3, -0.25) is 4.79 Å². The van der Waals surface area contributed by atoms with E-state index >= 15 is 0 Å². The van der Waals surface area contributed by atoms with Crippen molar-refractivity contribution in [1.29, 1.82) is 0 Å². The van der Waals surface area contributed by atoms with Crippen LogP contribution in [0.2, 0.25) is 0 Å². The van der Waals surface area contributed by atoms with Crippen LogP contribution in [-0.4, -0.2) is 42.0 Å². The molecule has 17 heavy (non-hydrogen) atoms. The van der Waals surface area contributed by atoms with Crippen molar-refractivity contribution >= 4 is 5.91 Å². The predicted octanol–water partition coefficient (Wildman–Crippen LogP) is 1.09. The van der Waals surface area contributed by atoms with E-state index in [0.717, 1.165) is 38.0 Å².